The third kappa shape index (κ3) is 5.02. The Hall–Kier alpha value is -2.72. The fraction of sp³-hybridized carbons (Fsp3) is 0.320. The van der Waals surface area contributed by atoms with Crippen LogP contribution < -0.4 is 0 Å². The molecule has 1 aliphatic rings. The second kappa shape index (κ2) is 9.50. The lowest BCUT2D eigenvalue weighted by Crippen LogP contribution is -2.46. The molecule has 178 valence electrons. The summed E-state index contributed by atoms with van der Waals surface area (Å²) in [6.45, 7) is 5.72. The molecular weight excluding hydrogens is 461 g/mol. The van der Waals surface area contributed by atoms with Gasteiger partial charge in [-0.3, -0.25) is 9.80 Å². The van der Waals surface area contributed by atoms with Crippen LogP contribution in [0.4, 0.5) is 13.2 Å². The third-order valence-electron chi connectivity index (χ3n) is 6.15. The molecule has 34 heavy (non-hydrogen) atoms. The third-order valence-corrected chi connectivity index (χ3v) is 7.29. The van der Waals surface area contributed by atoms with Gasteiger partial charge in [0.1, 0.15) is 5.82 Å². The Balaban J connectivity index is 1.31. The maximum Gasteiger partial charge on any atom is 0.416 e. The van der Waals surface area contributed by atoms with Crippen molar-refractivity contribution in [2.24, 2.45) is 0 Å². The number of benzene rings is 2. The molecule has 1 aliphatic heterocycles. The number of alkyl halides is 3. The first-order chi connectivity index (χ1) is 16.4. The van der Waals surface area contributed by atoms with Crippen molar-refractivity contribution >= 4 is 22.4 Å². The molecule has 2 N–H and O–H groups in total. The van der Waals surface area contributed by atoms with E-state index in [0.29, 0.717) is 16.9 Å². The number of aliphatic hydroxyl groups is 1. The van der Waals surface area contributed by atoms with Crippen molar-refractivity contribution in [2.75, 3.05) is 39.3 Å². The first-order valence-electron chi connectivity index (χ1n) is 11.2. The summed E-state index contributed by atoms with van der Waals surface area (Å²) in [5, 5.41) is 9.11. The topological polar surface area (TPSA) is 55.4 Å². The molecule has 5 rings (SSSR count). The van der Waals surface area contributed by atoms with Gasteiger partial charge < -0.3 is 10.1 Å². The van der Waals surface area contributed by atoms with Crippen LogP contribution in [0.2, 0.25) is 0 Å². The fourth-order valence-corrected chi connectivity index (χ4v) is 5.26. The van der Waals surface area contributed by atoms with E-state index >= 15 is 0 Å². The van der Waals surface area contributed by atoms with E-state index in [1.165, 1.54) is 11.6 Å². The number of nitrogens with zero attached hydrogens (tertiary/aromatic N) is 3. The molecule has 2 aromatic carbocycles. The molecule has 0 aliphatic carbocycles. The van der Waals surface area contributed by atoms with Gasteiger partial charge in [-0.05, 0) is 47.5 Å². The Morgan fingerprint density at radius 3 is 2.47 bits per heavy atom. The van der Waals surface area contributed by atoms with E-state index in [1.54, 1.807) is 11.3 Å². The number of β-amino-alcohol motifs (C(OH)–C–C–N with tert-alkyl or cyclic N) is 1. The van der Waals surface area contributed by atoms with E-state index in [0.717, 1.165) is 66.7 Å². The van der Waals surface area contributed by atoms with Gasteiger partial charge in [0.05, 0.1) is 28.1 Å². The lowest BCUT2D eigenvalue weighted by molar-refractivity contribution is -0.137. The van der Waals surface area contributed by atoms with E-state index < -0.39 is 11.7 Å². The van der Waals surface area contributed by atoms with Gasteiger partial charge in [-0.25, -0.2) is 4.98 Å². The van der Waals surface area contributed by atoms with Crippen LogP contribution in [0.25, 0.3) is 32.2 Å². The quantitative estimate of drug-likeness (QED) is 0.399. The number of hydrogen-bond acceptors (Lipinski definition) is 5. The van der Waals surface area contributed by atoms with Crippen molar-refractivity contribution in [3.63, 3.8) is 0 Å². The second-order valence-electron chi connectivity index (χ2n) is 8.52. The van der Waals surface area contributed by atoms with Crippen LogP contribution in [0.1, 0.15) is 11.1 Å². The lowest BCUT2D eigenvalue weighted by Gasteiger charge is -2.34. The van der Waals surface area contributed by atoms with Gasteiger partial charge in [-0.15, -0.1) is 11.3 Å². The molecule has 1 saturated heterocycles. The van der Waals surface area contributed by atoms with Crippen LogP contribution in [0, 0.1) is 0 Å². The van der Waals surface area contributed by atoms with Crippen molar-refractivity contribution in [1.29, 1.82) is 0 Å². The summed E-state index contributed by atoms with van der Waals surface area (Å²) in [5.74, 6) is 0.572. The zero-order valence-corrected chi connectivity index (χ0v) is 19.3. The first-order valence-corrected chi connectivity index (χ1v) is 12.0. The minimum Gasteiger partial charge on any atom is -0.395 e. The molecule has 9 heteroatoms. The summed E-state index contributed by atoms with van der Waals surface area (Å²) in [6, 6.07) is 16.0. The lowest BCUT2D eigenvalue weighted by atomic mass is 10.1. The number of rotatable bonds is 6. The van der Waals surface area contributed by atoms with Gasteiger partial charge in [0.15, 0.2) is 0 Å². The zero-order valence-electron chi connectivity index (χ0n) is 18.5. The average Bonchev–Trinajstić information content (AvgIpc) is 3.47. The number of aliphatic hydroxyl groups excluding tert-OH is 1. The molecule has 3 heterocycles. The smallest absolute Gasteiger partial charge is 0.395 e. The Morgan fingerprint density at radius 2 is 1.71 bits per heavy atom. The number of thiophene rings is 1. The van der Waals surface area contributed by atoms with Crippen molar-refractivity contribution < 1.29 is 18.3 Å². The van der Waals surface area contributed by atoms with E-state index in [-0.39, 0.29) is 6.61 Å². The molecular formula is C25H25F3N4OS. The number of H-pyrrole nitrogens is 1. The van der Waals surface area contributed by atoms with Crippen molar-refractivity contribution in [3.05, 3.63) is 65.7 Å². The predicted molar refractivity (Wildman–Crippen MR) is 129 cm³/mol. The van der Waals surface area contributed by atoms with E-state index in [1.807, 2.05) is 12.1 Å². The number of piperazine rings is 1. The summed E-state index contributed by atoms with van der Waals surface area (Å²) >= 11 is 1.56. The van der Waals surface area contributed by atoms with Crippen molar-refractivity contribution in [2.45, 2.75) is 12.7 Å². The van der Waals surface area contributed by atoms with Gasteiger partial charge in [-0.2, -0.15) is 13.2 Å². The maximum absolute atomic E-state index is 13.0. The normalized spacial score (nSPS) is 15.9. The average molecular weight is 487 g/mol. The molecule has 0 spiro atoms. The predicted octanol–water partition coefficient (Wildman–Crippen LogP) is 5.09. The molecule has 5 nitrogen and oxygen atoms in total. The second-order valence-corrected chi connectivity index (χ2v) is 9.60. The highest BCUT2D eigenvalue weighted by molar-refractivity contribution is 7.18. The molecule has 0 saturated carbocycles. The van der Waals surface area contributed by atoms with Crippen molar-refractivity contribution in [3.8, 4) is 21.1 Å². The first kappa shape index (κ1) is 23.0. The minimum atomic E-state index is -4.38. The molecule has 2 aromatic heterocycles. The summed E-state index contributed by atoms with van der Waals surface area (Å²) in [6.07, 6.45) is -4.38. The molecule has 0 bridgehead atoms. The number of imidazole rings is 1. The van der Waals surface area contributed by atoms with E-state index in [9.17, 15) is 13.2 Å². The highest BCUT2D eigenvalue weighted by Crippen LogP contribution is 2.36. The van der Waals surface area contributed by atoms with E-state index in [2.05, 4.69) is 44.0 Å². The summed E-state index contributed by atoms with van der Waals surface area (Å²) in [5.41, 5.74) is 2.56. The molecule has 0 radical (unpaired) electrons. The Labute approximate surface area is 199 Å². The van der Waals surface area contributed by atoms with E-state index in [4.69, 9.17) is 5.11 Å². The SMILES string of the molecule is OCCN1CCN(Cc2cccc(-c3ccc(-c4nc5ccc(C(F)(F)F)cc5[nH]4)s3)c2)CC1. The van der Waals surface area contributed by atoms with Gasteiger partial charge in [-0.1, -0.05) is 18.2 Å². The Morgan fingerprint density at radius 1 is 0.941 bits per heavy atom. The number of aromatic nitrogens is 2. The van der Waals surface area contributed by atoms with Crippen LogP contribution >= 0.6 is 11.3 Å². The highest BCUT2D eigenvalue weighted by Gasteiger charge is 2.30. The number of halogens is 3. The molecule has 0 amide bonds. The largest absolute Gasteiger partial charge is 0.416 e. The van der Waals surface area contributed by atoms with Gasteiger partial charge in [0.25, 0.3) is 0 Å². The van der Waals surface area contributed by atoms with Crippen LogP contribution in [0.15, 0.2) is 54.6 Å². The number of fused-ring (bicyclic) bond motifs is 1. The van der Waals surface area contributed by atoms with Crippen LogP contribution in [0.3, 0.4) is 0 Å². The van der Waals surface area contributed by atoms with Gasteiger partial charge in [0, 0.05) is 44.1 Å². The molecule has 1 fully saturated rings. The van der Waals surface area contributed by atoms with Crippen molar-refractivity contribution in [1.82, 2.24) is 19.8 Å². The monoisotopic (exact) mass is 486 g/mol. The van der Waals surface area contributed by atoms with Crippen LogP contribution in [-0.4, -0.2) is 64.2 Å². The van der Waals surface area contributed by atoms with Gasteiger partial charge >= 0.3 is 6.18 Å². The zero-order chi connectivity index (χ0) is 23.7. The fourth-order valence-electron chi connectivity index (χ4n) is 4.32. The molecule has 0 atom stereocenters. The summed E-state index contributed by atoms with van der Waals surface area (Å²) in [4.78, 5) is 14.2. The minimum absolute atomic E-state index is 0.202. The Kier molecular flexibility index (Phi) is 6.44. The Bertz CT molecular complexity index is 1270. The number of aromatic amines is 1. The summed E-state index contributed by atoms with van der Waals surface area (Å²) in [7, 11) is 0. The highest BCUT2D eigenvalue weighted by atomic mass is 32.1. The van der Waals surface area contributed by atoms with Gasteiger partial charge in [0.2, 0.25) is 0 Å². The summed E-state index contributed by atoms with van der Waals surface area (Å²) < 4.78 is 39.1. The van der Waals surface area contributed by atoms with Crippen LogP contribution in [-0.2, 0) is 12.7 Å². The number of hydrogen-bond donors (Lipinski definition) is 2. The molecule has 0 unspecified atom stereocenters. The maximum atomic E-state index is 13.0. The molecule has 4 aromatic rings. The standard InChI is InChI=1S/C25H25F3N4OS/c26-25(27,28)19-4-5-20-21(15-19)30-24(29-20)23-7-6-22(34-23)18-3-1-2-17(14-18)16-32-10-8-31(9-11-32)12-13-33/h1-7,14-15,33H,8-13,16H2,(H,29,30). The number of nitrogens with one attached hydrogen (secondary N) is 1. The van der Waals surface area contributed by atoms with Crippen LogP contribution in [0.5, 0.6) is 0 Å².